The second-order valence-corrected chi connectivity index (χ2v) is 8.44. The van der Waals surface area contributed by atoms with Crippen molar-refractivity contribution >= 4 is 17.9 Å². The molecule has 5 rings (SSSR count). The van der Waals surface area contributed by atoms with Gasteiger partial charge in [0.15, 0.2) is 11.5 Å². The maximum atomic E-state index is 13.2. The summed E-state index contributed by atoms with van der Waals surface area (Å²) in [5.41, 5.74) is 2.26. The molecule has 1 saturated heterocycles. The van der Waals surface area contributed by atoms with E-state index in [4.69, 9.17) is 18.9 Å². The third-order valence-corrected chi connectivity index (χ3v) is 6.40. The standard InChI is InChI=1S/C24H29N5O6/c1-3-32-17-5-6-18-21(35-14-34-18)19(17)20-16-9-12-29(22(16)26-13-25-20)23(30)27-15-7-10-28(11-8-15)24(31)33-4-2/h5-6,13,15H,3-4,7-12,14H2,1-2H3,(H,27,30). The van der Waals surface area contributed by atoms with Crippen molar-refractivity contribution in [3.05, 3.63) is 24.0 Å². The molecule has 0 atom stereocenters. The van der Waals surface area contributed by atoms with E-state index in [1.807, 2.05) is 19.1 Å². The number of nitrogens with zero attached hydrogens (tertiary/aromatic N) is 4. The highest BCUT2D eigenvalue weighted by molar-refractivity contribution is 5.95. The van der Waals surface area contributed by atoms with Gasteiger partial charge in [-0.1, -0.05) is 0 Å². The van der Waals surface area contributed by atoms with Crippen molar-refractivity contribution in [3.8, 4) is 28.5 Å². The number of amides is 3. The van der Waals surface area contributed by atoms with Gasteiger partial charge in [-0.3, -0.25) is 4.90 Å². The van der Waals surface area contributed by atoms with Gasteiger partial charge in [-0.2, -0.15) is 0 Å². The molecule has 3 amide bonds. The van der Waals surface area contributed by atoms with Crippen molar-refractivity contribution in [1.82, 2.24) is 20.2 Å². The van der Waals surface area contributed by atoms with Crippen molar-refractivity contribution in [2.75, 3.05) is 44.5 Å². The lowest BCUT2D eigenvalue weighted by Crippen LogP contribution is -2.50. The lowest BCUT2D eigenvalue weighted by Gasteiger charge is -2.32. The fourth-order valence-electron chi connectivity index (χ4n) is 4.74. The summed E-state index contributed by atoms with van der Waals surface area (Å²) in [4.78, 5) is 37.4. The Morgan fingerprint density at radius 1 is 1.11 bits per heavy atom. The first-order valence-electron chi connectivity index (χ1n) is 12.0. The Bertz CT molecular complexity index is 1120. The first-order valence-corrected chi connectivity index (χ1v) is 12.0. The molecule has 0 radical (unpaired) electrons. The van der Waals surface area contributed by atoms with Crippen LogP contribution in [0.2, 0.25) is 0 Å². The van der Waals surface area contributed by atoms with Crippen molar-refractivity contribution < 1.29 is 28.5 Å². The Balaban J connectivity index is 1.34. The molecule has 3 aliphatic heterocycles. The van der Waals surface area contributed by atoms with E-state index in [0.717, 1.165) is 5.56 Å². The Hall–Kier alpha value is -3.76. The zero-order chi connectivity index (χ0) is 24.4. The Morgan fingerprint density at radius 3 is 2.71 bits per heavy atom. The molecular weight excluding hydrogens is 454 g/mol. The predicted octanol–water partition coefficient (Wildman–Crippen LogP) is 2.96. The Labute approximate surface area is 203 Å². The second kappa shape index (κ2) is 9.85. The molecule has 0 saturated carbocycles. The number of rotatable bonds is 5. The van der Waals surface area contributed by atoms with Crippen molar-refractivity contribution in [2.45, 2.75) is 39.2 Å². The number of benzene rings is 1. The minimum absolute atomic E-state index is 0.0222. The van der Waals surface area contributed by atoms with Crippen LogP contribution in [0.3, 0.4) is 0 Å². The minimum atomic E-state index is -0.303. The van der Waals surface area contributed by atoms with Crippen LogP contribution in [0.25, 0.3) is 11.3 Å². The van der Waals surface area contributed by atoms with E-state index in [2.05, 4.69) is 15.3 Å². The lowest BCUT2D eigenvalue weighted by molar-refractivity contribution is 0.0958. The van der Waals surface area contributed by atoms with Gasteiger partial charge in [0.25, 0.3) is 0 Å². The number of hydrogen-bond donors (Lipinski definition) is 1. The minimum Gasteiger partial charge on any atom is -0.493 e. The fraction of sp³-hybridized carbons (Fsp3) is 0.500. The summed E-state index contributed by atoms with van der Waals surface area (Å²) in [7, 11) is 0. The van der Waals surface area contributed by atoms with Crippen LogP contribution in [0.4, 0.5) is 15.4 Å². The number of anilines is 1. The number of hydrogen-bond acceptors (Lipinski definition) is 8. The highest BCUT2D eigenvalue weighted by Crippen LogP contribution is 2.48. The summed E-state index contributed by atoms with van der Waals surface area (Å²) in [6, 6.07) is 3.45. The summed E-state index contributed by atoms with van der Waals surface area (Å²) in [6.45, 7) is 6.27. The molecule has 4 heterocycles. The summed E-state index contributed by atoms with van der Waals surface area (Å²) < 4.78 is 22.3. The summed E-state index contributed by atoms with van der Waals surface area (Å²) >= 11 is 0. The van der Waals surface area contributed by atoms with Crippen LogP contribution < -0.4 is 24.4 Å². The molecule has 2 aromatic rings. The second-order valence-electron chi connectivity index (χ2n) is 8.44. The number of piperidine rings is 1. The number of carbonyl (C=O) groups is 2. The van der Waals surface area contributed by atoms with Crippen LogP contribution in [0, 0.1) is 0 Å². The first-order chi connectivity index (χ1) is 17.1. The number of ether oxygens (including phenoxy) is 4. The summed E-state index contributed by atoms with van der Waals surface area (Å²) in [5.74, 6) is 2.45. The molecule has 3 aliphatic rings. The Kier molecular flexibility index (Phi) is 6.47. The van der Waals surface area contributed by atoms with Gasteiger partial charge in [-0.25, -0.2) is 19.6 Å². The van der Waals surface area contributed by atoms with E-state index in [1.54, 1.807) is 16.7 Å². The van der Waals surface area contributed by atoms with Crippen molar-refractivity contribution in [3.63, 3.8) is 0 Å². The van der Waals surface area contributed by atoms with Gasteiger partial charge in [0.2, 0.25) is 6.79 Å². The highest BCUT2D eigenvalue weighted by Gasteiger charge is 2.34. The van der Waals surface area contributed by atoms with Crippen LogP contribution in [0.15, 0.2) is 18.5 Å². The number of fused-ring (bicyclic) bond motifs is 2. The van der Waals surface area contributed by atoms with E-state index in [0.29, 0.717) is 86.4 Å². The largest absolute Gasteiger partial charge is 0.493 e. The molecule has 0 spiro atoms. The zero-order valence-corrected chi connectivity index (χ0v) is 19.9. The average molecular weight is 484 g/mol. The molecular formula is C24H29N5O6. The number of urea groups is 1. The molecule has 1 aromatic carbocycles. The van der Waals surface area contributed by atoms with Crippen LogP contribution in [-0.2, 0) is 11.2 Å². The van der Waals surface area contributed by atoms with Crippen LogP contribution in [0.1, 0.15) is 32.3 Å². The quantitative estimate of drug-likeness (QED) is 0.690. The maximum absolute atomic E-state index is 13.2. The third kappa shape index (κ3) is 4.38. The lowest BCUT2D eigenvalue weighted by atomic mass is 10.0. The van der Waals surface area contributed by atoms with Crippen molar-refractivity contribution in [1.29, 1.82) is 0 Å². The van der Waals surface area contributed by atoms with Crippen LogP contribution in [0.5, 0.6) is 17.2 Å². The van der Waals surface area contributed by atoms with Gasteiger partial charge < -0.3 is 29.2 Å². The van der Waals surface area contributed by atoms with Crippen molar-refractivity contribution in [2.24, 2.45) is 0 Å². The summed E-state index contributed by atoms with van der Waals surface area (Å²) in [6.07, 6.45) is 3.11. The molecule has 0 bridgehead atoms. The summed E-state index contributed by atoms with van der Waals surface area (Å²) in [5, 5.41) is 3.10. The van der Waals surface area contributed by atoms with Crippen LogP contribution >= 0.6 is 0 Å². The van der Waals surface area contributed by atoms with Gasteiger partial charge in [-0.15, -0.1) is 0 Å². The molecule has 11 heteroatoms. The Morgan fingerprint density at radius 2 is 1.94 bits per heavy atom. The maximum Gasteiger partial charge on any atom is 0.409 e. The van der Waals surface area contributed by atoms with E-state index < -0.39 is 0 Å². The molecule has 11 nitrogen and oxygen atoms in total. The smallest absolute Gasteiger partial charge is 0.409 e. The monoisotopic (exact) mass is 483 g/mol. The number of carbonyl (C=O) groups excluding carboxylic acids is 2. The van der Waals surface area contributed by atoms with Gasteiger partial charge in [0.1, 0.15) is 17.9 Å². The highest BCUT2D eigenvalue weighted by atomic mass is 16.7. The van der Waals surface area contributed by atoms with Gasteiger partial charge >= 0.3 is 12.1 Å². The third-order valence-electron chi connectivity index (χ3n) is 6.40. The van der Waals surface area contributed by atoms with Gasteiger partial charge in [0, 0.05) is 31.2 Å². The van der Waals surface area contributed by atoms with E-state index in [1.165, 1.54) is 6.33 Å². The average Bonchev–Trinajstić information content (AvgIpc) is 3.52. The molecule has 1 N–H and O–H groups in total. The fourth-order valence-corrected chi connectivity index (χ4v) is 4.74. The molecule has 35 heavy (non-hydrogen) atoms. The van der Waals surface area contributed by atoms with E-state index >= 15 is 0 Å². The first kappa shape index (κ1) is 23.0. The molecule has 186 valence electrons. The molecule has 1 aromatic heterocycles. The number of likely N-dealkylation sites (tertiary alicyclic amines) is 1. The molecule has 0 unspecified atom stereocenters. The topological polar surface area (TPSA) is 115 Å². The number of aromatic nitrogens is 2. The predicted molar refractivity (Wildman–Crippen MR) is 126 cm³/mol. The molecule has 1 fully saturated rings. The number of nitrogens with one attached hydrogen (secondary N) is 1. The van der Waals surface area contributed by atoms with E-state index in [-0.39, 0.29) is 25.0 Å². The van der Waals surface area contributed by atoms with Gasteiger partial charge in [0.05, 0.1) is 24.5 Å². The van der Waals surface area contributed by atoms with Crippen LogP contribution in [-0.4, -0.2) is 72.7 Å². The normalized spacial score (nSPS) is 16.7. The molecule has 0 aliphatic carbocycles. The van der Waals surface area contributed by atoms with Gasteiger partial charge in [-0.05, 0) is 45.2 Å². The zero-order valence-electron chi connectivity index (χ0n) is 19.9. The SMILES string of the molecule is CCOC(=O)N1CCC(NC(=O)N2CCc3c(-c4c(OCC)ccc5c4OCO5)ncnc32)CC1. The van der Waals surface area contributed by atoms with E-state index in [9.17, 15) is 9.59 Å².